The summed E-state index contributed by atoms with van der Waals surface area (Å²) in [6, 6.07) is 10.9. The Morgan fingerprint density at radius 1 is 1.04 bits per heavy atom. The number of hydrogen-bond acceptors (Lipinski definition) is 9. The summed E-state index contributed by atoms with van der Waals surface area (Å²) in [5.41, 5.74) is 9.08. The number of carbonyl (C=O) groups excluding carboxylic acids is 2. The molecule has 2 fully saturated rings. The van der Waals surface area contributed by atoms with Crippen LogP contribution in [0.2, 0.25) is 0 Å². The number of nitrogens with one attached hydrogen (secondary N) is 2. The van der Waals surface area contributed by atoms with Crippen LogP contribution in [0.1, 0.15) is 60.9 Å². The third-order valence-electron chi connectivity index (χ3n) is 12.1. The van der Waals surface area contributed by atoms with Gasteiger partial charge in [0, 0.05) is 105 Å². The number of hydrogen-bond donors (Lipinski definition) is 2. The van der Waals surface area contributed by atoms with Gasteiger partial charge >= 0.3 is 0 Å². The van der Waals surface area contributed by atoms with Gasteiger partial charge < -0.3 is 29.2 Å². The number of imidazole rings is 1. The molecule has 290 valence electrons. The first kappa shape index (κ1) is 36.1. The van der Waals surface area contributed by atoms with E-state index in [4.69, 9.17) is 14.7 Å². The molecular formula is C43H50N10O3. The van der Waals surface area contributed by atoms with Gasteiger partial charge in [-0.15, -0.1) is 0 Å². The number of carbonyl (C=O) groups is 2. The van der Waals surface area contributed by atoms with Gasteiger partial charge in [0.15, 0.2) is 11.5 Å². The lowest BCUT2D eigenvalue weighted by Gasteiger charge is -2.45. The molecule has 0 radical (unpaired) electrons. The topological polar surface area (TPSA) is 125 Å². The molecule has 2 N–H and O–H groups in total. The Hall–Kier alpha value is -5.53. The number of piperazine rings is 1. The summed E-state index contributed by atoms with van der Waals surface area (Å²) in [6.45, 7) is 18.2. The van der Waals surface area contributed by atoms with Crippen molar-refractivity contribution in [2.45, 2.75) is 72.0 Å². The van der Waals surface area contributed by atoms with Crippen molar-refractivity contribution >= 4 is 46.2 Å². The molecule has 13 heteroatoms. The Bertz CT molecular complexity index is 2350. The highest BCUT2D eigenvalue weighted by molar-refractivity contribution is 6.06. The molecule has 13 nitrogen and oxygen atoms in total. The number of aromatic nitrogens is 5. The highest BCUT2D eigenvalue weighted by atomic mass is 16.5. The second-order valence-corrected chi connectivity index (χ2v) is 16.5. The Morgan fingerprint density at radius 2 is 1.88 bits per heavy atom. The monoisotopic (exact) mass is 754 g/mol. The molecule has 4 aromatic heterocycles. The van der Waals surface area contributed by atoms with Crippen LogP contribution in [0.15, 0.2) is 67.8 Å². The number of amides is 2. The van der Waals surface area contributed by atoms with E-state index >= 15 is 0 Å². The summed E-state index contributed by atoms with van der Waals surface area (Å²) in [6.07, 6.45) is 12.8. The summed E-state index contributed by atoms with van der Waals surface area (Å²) in [7, 11) is 0. The first-order valence-electron chi connectivity index (χ1n) is 19.8. The average molecular weight is 755 g/mol. The first-order chi connectivity index (χ1) is 27.1. The number of anilines is 5. The largest absolute Gasteiger partial charge is 0.381 e. The molecule has 0 unspecified atom stereocenters. The van der Waals surface area contributed by atoms with Crippen molar-refractivity contribution in [3.05, 3.63) is 90.3 Å². The quantitative estimate of drug-likeness (QED) is 0.177. The Morgan fingerprint density at radius 3 is 2.68 bits per heavy atom. The van der Waals surface area contributed by atoms with Gasteiger partial charge in [-0.1, -0.05) is 20.4 Å². The van der Waals surface area contributed by atoms with Gasteiger partial charge in [0.1, 0.15) is 11.5 Å². The van der Waals surface area contributed by atoms with Crippen molar-refractivity contribution in [3.63, 3.8) is 0 Å². The maximum atomic E-state index is 14.0. The van der Waals surface area contributed by atoms with Crippen LogP contribution in [0.25, 0.3) is 16.9 Å². The molecule has 0 spiro atoms. The molecule has 9 rings (SSSR count). The van der Waals surface area contributed by atoms with Crippen molar-refractivity contribution in [1.29, 1.82) is 0 Å². The second kappa shape index (κ2) is 14.2. The predicted molar refractivity (Wildman–Crippen MR) is 219 cm³/mol. The van der Waals surface area contributed by atoms with Crippen LogP contribution in [0.3, 0.4) is 0 Å². The van der Waals surface area contributed by atoms with E-state index in [1.165, 1.54) is 17.3 Å². The minimum Gasteiger partial charge on any atom is -0.381 e. The molecule has 1 atom stereocenters. The molecule has 2 amide bonds. The first-order valence-corrected chi connectivity index (χ1v) is 19.8. The van der Waals surface area contributed by atoms with Crippen LogP contribution in [-0.4, -0.2) is 92.1 Å². The summed E-state index contributed by atoms with van der Waals surface area (Å²) in [5.74, 6) is 0.908. The number of rotatable bonds is 8. The summed E-state index contributed by atoms with van der Waals surface area (Å²) >= 11 is 0. The van der Waals surface area contributed by atoms with E-state index in [-0.39, 0.29) is 23.3 Å². The zero-order valence-electron chi connectivity index (χ0n) is 32.7. The zero-order valence-corrected chi connectivity index (χ0v) is 32.7. The SMILES string of the molecule is C=CC(=O)Nc1cc(Nc2nc(-c3ccnc(N4CCn5c(cc6c5CC(C)(C)C6)C4=O)c3C)cn3ccnc23)ccc1N1CCN(C2CCOCC2)C[C@@H]1C. The van der Waals surface area contributed by atoms with E-state index < -0.39 is 0 Å². The molecule has 1 aliphatic carbocycles. The number of fused-ring (bicyclic) bond motifs is 4. The minimum atomic E-state index is -0.273. The van der Waals surface area contributed by atoms with E-state index in [0.717, 1.165) is 93.3 Å². The number of benzene rings is 1. The molecule has 56 heavy (non-hydrogen) atoms. The fraction of sp³-hybridized carbons (Fsp3) is 0.419. The highest BCUT2D eigenvalue weighted by Crippen LogP contribution is 2.40. The van der Waals surface area contributed by atoms with Crippen molar-refractivity contribution < 1.29 is 14.3 Å². The van der Waals surface area contributed by atoms with Gasteiger partial charge in [-0.2, -0.15) is 0 Å². The molecule has 1 aromatic carbocycles. The highest BCUT2D eigenvalue weighted by Gasteiger charge is 2.37. The molecule has 5 aromatic rings. The zero-order chi connectivity index (χ0) is 38.7. The Balaban J connectivity index is 1.000. The maximum absolute atomic E-state index is 14.0. The van der Waals surface area contributed by atoms with Crippen LogP contribution < -0.4 is 20.4 Å². The molecule has 4 aliphatic rings. The number of pyridine rings is 1. The molecular weight excluding hydrogens is 705 g/mol. The summed E-state index contributed by atoms with van der Waals surface area (Å²) in [4.78, 5) is 48.0. The van der Waals surface area contributed by atoms with E-state index in [2.05, 4.69) is 69.5 Å². The normalized spacial score (nSPS) is 19.9. The predicted octanol–water partition coefficient (Wildman–Crippen LogP) is 6.24. The summed E-state index contributed by atoms with van der Waals surface area (Å²) in [5, 5.41) is 6.58. The van der Waals surface area contributed by atoms with Gasteiger partial charge in [0.05, 0.1) is 17.1 Å². The lowest BCUT2D eigenvalue weighted by atomic mass is 9.90. The molecule has 0 saturated carbocycles. The van der Waals surface area contributed by atoms with E-state index in [0.29, 0.717) is 41.3 Å². The fourth-order valence-electron chi connectivity index (χ4n) is 9.34. The van der Waals surface area contributed by atoms with Crippen molar-refractivity contribution in [1.82, 2.24) is 28.8 Å². The Kier molecular flexibility index (Phi) is 9.16. The van der Waals surface area contributed by atoms with E-state index in [1.54, 1.807) is 12.4 Å². The third-order valence-corrected chi connectivity index (χ3v) is 12.1. The van der Waals surface area contributed by atoms with Gasteiger partial charge in [0.2, 0.25) is 5.91 Å². The van der Waals surface area contributed by atoms with Crippen LogP contribution in [-0.2, 0) is 28.9 Å². The lowest BCUT2D eigenvalue weighted by molar-refractivity contribution is -0.111. The van der Waals surface area contributed by atoms with E-state index in [1.807, 2.05) is 46.8 Å². The van der Waals surface area contributed by atoms with Crippen LogP contribution >= 0.6 is 0 Å². The molecule has 7 heterocycles. The summed E-state index contributed by atoms with van der Waals surface area (Å²) < 4.78 is 9.79. The maximum Gasteiger partial charge on any atom is 0.276 e. The second-order valence-electron chi connectivity index (χ2n) is 16.5. The van der Waals surface area contributed by atoms with E-state index in [9.17, 15) is 9.59 Å². The van der Waals surface area contributed by atoms with Crippen molar-refractivity contribution in [3.8, 4) is 11.3 Å². The number of nitrogens with zero attached hydrogens (tertiary/aromatic N) is 8. The van der Waals surface area contributed by atoms with Crippen molar-refractivity contribution in [2.24, 2.45) is 5.41 Å². The molecule has 2 saturated heterocycles. The van der Waals surface area contributed by atoms with Gasteiger partial charge in [0.25, 0.3) is 5.91 Å². The van der Waals surface area contributed by atoms with Crippen molar-refractivity contribution in [2.75, 3.05) is 59.8 Å². The van der Waals surface area contributed by atoms with Crippen LogP contribution in [0, 0.1) is 12.3 Å². The Labute approximate surface area is 327 Å². The average Bonchev–Trinajstić information content (AvgIpc) is 3.89. The number of ether oxygens (including phenoxy) is 1. The molecule has 0 bridgehead atoms. The van der Waals surface area contributed by atoms with Gasteiger partial charge in [-0.3, -0.25) is 19.4 Å². The van der Waals surface area contributed by atoms with Gasteiger partial charge in [-0.25, -0.2) is 15.0 Å². The van der Waals surface area contributed by atoms with Crippen LogP contribution in [0.5, 0.6) is 0 Å². The minimum absolute atomic E-state index is 0.0185. The van der Waals surface area contributed by atoms with Crippen LogP contribution in [0.4, 0.5) is 28.7 Å². The fourth-order valence-corrected chi connectivity index (χ4v) is 9.34. The lowest BCUT2D eigenvalue weighted by Crippen LogP contribution is -2.56. The van der Waals surface area contributed by atoms with Gasteiger partial charge in [-0.05, 0) is 86.9 Å². The third kappa shape index (κ3) is 6.52. The molecule has 3 aliphatic heterocycles. The standard InChI is InChI=1S/C43H50N10O3/c1-6-38(54)47-33-22-30(7-8-35(33)51-16-15-49(25-27(51)2)31-10-19-56-20-11-31)46-39-41-45-13-14-50(41)26-34(48-39)32-9-12-44-40(28(32)3)53-18-17-52-36(42(53)55)21-29-23-43(4,5)24-37(29)52/h6-9,12-14,21-22,26-27,31H,1,10-11,15-20,23-25H2,2-5H3,(H,46,48)(H,47,54)/t27-/m0/s1. The smallest absolute Gasteiger partial charge is 0.276 e.